The van der Waals surface area contributed by atoms with Gasteiger partial charge in [0.05, 0.1) is 10.8 Å². The fourth-order valence-electron chi connectivity index (χ4n) is 4.59. The van der Waals surface area contributed by atoms with Gasteiger partial charge in [0.15, 0.2) is 0 Å². The third-order valence-corrected chi connectivity index (χ3v) is 8.66. The Bertz CT molecular complexity index is 1170. The molecule has 2 aliphatic carbocycles. The highest BCUT2D eigenvalue weighted by molar-refractivity contribution is 7.91. The Balaban J connectivity index is 1.29. The van der Waals surface area contributed by atoms with Crippen LogP contribution in [0.3, 0.4) is 0 Å². The summed E-state index contributed by atoms with van der Waals surface area (Å²) in [6.07, 6.45) is 4.79. The maximum atomic E-state index is 15.0. The first-order valence-corrected chi connectivity index (χ1v) is 13.7. The van der Waals surface area contributed by atoms with Crippen LogP contribution in [0.1, 0.15) is 71.5 Å². The Kier molecular flexibility index (Phi) is 6.37. The quantitative estimate of drug-likeness (QED) is 0.603. The Morgan fingerprint density at radius 2 is 1.85 bits per heavy atom. The first kappa shape index (κ1) is 23.3. The van der Waals surface area contributed by atoms with Crippen molar-refractivity contribution in [2.24, 2.45) is 0 Å². The minimum Gasteiger partial charge on any atom is -0.489 e. The van der Waals surface area contributed by atoms with Crippen LogP contribution in [0.2, 0.25) is 0 Å². The maximum Gasteiger partial charge on any atom is 0.267 e. The molecule has 0 spiro atoms. The van der Waals surface area contributed by atoms with E-state index in [1.54, 1.807) is 0 Å². The molecule has 1 atom stereocenters. The zero-order chi connectivity index (χ0) is 23.9. The number of aryl methyl sites for hydroxylation is 1. The number of amides is 1. The average Bonchev–Trinajstić information content (AvgIpc) is 3.68. The number of likely N-dealkylation sites (tertiary alicyclic amines) is 1. The number of sulfonamides is 1. The summed E-state index contributed by atoms with van der Waals surface area (Å²) >= 11 is 0. The molecule has 1 amide bonds. The highest BCUT2D eigenvalue weighted by Crippen LogP contribution is 2.45. The number of hydrogen-bond acceptors (Lipinski definition) is 5. The lowest BCUT2D eigenvalue weighted by Crippen LogP contribution is -2.40. The molecule has 0 aromatic heterocycles. The predicted octanol–water partition coefficient (Wildman–Crippen LogP) is 4.28. The largest absolute Gasteiger partial charge is 0.489 e. The lowest BCUT2D eigenvalue weighted by atomic mass is 10.0. The zero-order valence-electron chi connectivity index (χ0n) is 19.4. The third kappa shape index (κ3) is 5.44. The van der Waals surface area contributed by atoms with Crippen molar-refractivity contribution in [2.45, 2.75) is 69.3 Å². The topological polar surface area (TPSA) is 75.7 Å². The molecule has 182 valence electrons. The summed E-state index contributed by atoms with van der Waals surface area (Å²) in [4.78, 5) is 14.9. The predicted molar refractivity (Wildman–Crippen MR) is 128 cm³/mol. The Hall–Kier alpha value is -2.45. The fraction of sp³-hybridized carbons (Fsp3) is 0.500. The molecule has 0 unspecified atom stereocenters. The van der Waals surface area contributed by atoms with Gasteiger partial charge in [-0.2, -0.15) is 0 Å². The van der Waals surface area contributed by atoms with Gasteiger partial charge in [-0.05, 0) is 75.1 Å². The molecule has 1 saturated heterocycles. The van der Waals surface area contributed by atoms with Gasteiger partial charge in [-0.25, -0.2) is 17.5 Å². The van der Waals surface area contributed by atoms with E-state index in [2.05, 4.69) is 36.1 Å². The number of hydrogen-bond donors (Lipinski definition) is 1. The normalized spacial score (nSPS) is 21.3. The minimum absolute atomic E-state index is 0.0639. The Labute approximate surface area is 200 Å². The molecule has 3 aliphatic rings. The SMILES string of the molecule is Cc1ccc(CN2CCC[C@@H](Oc3cc(F)c(C(=O)NS(=O)(=O)C4CC4)cc3C3CC3)C2)cc1. The Morgan fingerprint density at radius 3 is 2.53 bits per heavy atom. The Morgan fingerprint density at radius 1 is 1.12 bits per heavy atom. The van der Waals surface area contributed by atoms with Crippen molar-refractivity contribution in [3.63, 3.8) is 0 Å². The molecule has 5 rings (SSSR count). The number of nitrogens with zero attached hydrogens (tertiary/aromatic N) is 1. The van der Waals surface area contributed by atoms with E-state index in [0.717, 1.165) is 50.9 Å². The number of rotatable bonds is 8. The average molecular weight is 487 g/mol. The van der Waals surface area contributed by atoms with Gasteiger partial charge in [0.2, 0.25) is 10.0 Å². The smallest absolute Gasteiger partial charge is 0.267 e. The number of carbonyl (C=O) groups excluding carboxylic acids is 1. The van der Waals surface area contributed by atoms with E-state index < -0.39 is 27.0 Å². The number of benzene rings is 2. The van der Waals surface area contributed by atoms with Crippen LogP contribution in [-0.2, 0) is 16.6 Å². The molecule has 2 aromatic carbocycles. The summed E-state index contributed by atoms with van der Waals surface area (Å²) in [5, 5.41) is -0.542. The van der Waals surface area contributed by atoms with Crippen molar-refractivity contribution >= 4 is 15.9 Å². The van der Waals surface area contributed by atoms with Crippen LogP contribution >= 0.6 is 0 Å². The van der Waals surface area contributed by atoms with E-state index >= 15 is 0 Å². The van der Waals surface area contributed by atoms with Gasteiger partial charge in [0, 0.05) is 19.2 Å². The standard InChI is InChI=1S/C26H31FN2O4S/c1-17-4-6-18(7-5-17)15-29-12-2-3-20(16-29)33-25-14-24(27)23(13-22(25)19-8-9-19)26(30)28-34(31,32)21-10-11-21/h4-7,13-14,19-21H,2-3,8-12,15-16H2,1H3,(H,28,30)/t20-/m1/s1. The number of halogens is 1. The van der Waals surface area contributed by atoms with Crippen LogP contribution in [0, 0.1) is 12.7 Å². The van der Waals surface area contributed by atoms with E-state index in [-0.39, 0.29) is 17.6 Å². The summed E-state index contributed by atoms with van der Waals surface area (Å²) in [6.45, 7) is 4.66. The van der Waals surface area contributed by atoms with Gasteiger partial charge in [-0.15, -0.1) is 0 Å². The van der Waals surface area contributed by atoms with E-state index in [1.165, 1.54) is 23.3 Å². The number of ether oxygens (including phenoxy) is 1. The molecule has 1 heterocycles. The van der Waals surface area contributed by atoms with E-state index in [0.29, 0.717) is 18.6 Å². The second-order valence-electron chi connectivity index (χ2n) is 9.92. The van der Waals surface area contributed by atoms with Crippen molar-refractivity contribution in [1.29, 1.82) is 0 Å². The molecule has 34 heavy (non-hydrogen) atoms. The summed E-state index contributed by atoms with van der Waals surface area (Å²) in [5.74, 6) is -0.965. The zero-order valence-corrected chi connectivity index (χ0v) is 20.2. The van der Waals surface area contributed by atoms with Gasteiger partial charge in [0.1, 0.15) is 17.7 Å². The van der Waals surface area contributed by atoms with Crippen LogP contribution in [0.15, 0.2) is 36.4 Å². The van der Waals surface area contributed by atoms with Crippen LogP contribution < -0.4 is 9.46 Å². The monoisotopic (exact) mass is 486 g/mol. The lowest BCUT2D eigenvalue weighted by Gasteiger charge is -2.33. The van der Waals surface area contributed by atoms with Crippen molar-refractivity contribution in [3.05, 3.63) is 64.5 Å². The van der Waals surface area contributed by atoms with Gasteiger partial charge in [0.25, 0.3) is 5.91 Å². The van der Waals surface area contributed by atoms with Gasteiger partial charge < -0.3 is 4.74 Å². The number of piperidine rings is 1. The second kappa shape index (κ2) is 9.30. The fourth-order valence-corrected chi connectivity index (χ4v) is 5.88. The number of carbonyl (C=O) groups is 1. The summed E-state index contributed by atoms with van der Waals surface area (Å²) in [5.41, 5.74) is 3.06. The summed E-state index contributed by atoms with van der Waals surface area (Å²) in [7, 11) is -3.74. The lowest BCUT2D eigenvalue weighted by molar-refractivity contribution is 0.0832. The number of nitrogens with one attached hydrogen (secondary N) is 1. The van der Waals surface area contributed by atoms with Crippen LogP contribution in [0.25, 0.3) is 0 Å². The van der Waals surface area contributed by atoms with Crippen molar-refractivity contribution < 1.29 is 22.3 Å². The molecule has 8 heteroatoms. The molecular formula is C26H31FN2O4S. The van der Waals surface area contributed by atoms with Gasteiger partial charge in [-0.1, -0.05) is 29.8 Å². The van der Waals surface area contributed by atoms with Crippen LogP contribution in [0.4, 0.5) is 4.39 Å². The van der Waals surface area contributed by atoms with Crippen molar-refractivity contribution in [3.8, 4) is 5.75 Å². The molecule has 0 radical (unpaired) electrons. The van der Waals surface area contributed by atoms with Crippen LogP contribution in [-0.4, -0.2) is 43.7 Å². The second-order valence-corrected chi connectivity index (χ2v) is 11.9. The molecule has 0 bridgehead atoms. The molecule has 2 aromatic rings. The molecule has 2 saturated carbocycles. The molecule has 3 fully saturated rings. The highest BCUT2D eigenvalue weighted by atomic mass is 32.2. The summed E-state index contributed by atoms with van der Waals surface area (Å²) < 4.78 is 47.6. The maximum absolute atomic E-state index is 15.0. The first-order valence-electron chi connectivity index (χ1n) is 12.1. The minimum atomic E-state index is -3.74. The molecule has 1 aliphatic heterocycles. The highest BCUT2D eigenvalue weighted by Gasteiger charge is 2.38. The van der Waals surface area contributed by atoms with Crippen molar-refractivity contribution in [2.75, 3.05) is 13.1 Å². The van der Waals surface area contributed by atoms with Crippen molar-refractivity contribution in [1.82, 2.24) is 9.62 Å². The molecular weight excluding hydrogens is 455 g/mol. The third-order valence-electron chi connectivity index (χ3n) is 6.84. The van der Waals surface area contributed by atoms with Crippen LogP contribution in [0.5, 0.6) is 5.75 Å². The van der Waals surface area contributed by atoms with E-state index in [9.17, 15) is 17.6 Å². The molecule has 1 N–H and O–H groups in total. The first-order chi connectivity index (χ1) is 16.3. The van der Waals surface area contributed by atoms with Gasteiger partial charge in [-0.3, -0.25) is 9.69 Å². The van der Waals surface area contributed by atoms with E-state index in [1.807, 2.05) is 4.72 Å². The molecule has 6 nitrogen and oxygen atoms in total. The van der Waals surface area contributed by atoms with E-state index in [4.69, 9.17) is 4.74 Å². The van der Waals surface area contributed by atoms with Gasteiger partial charge >= 0.3 is 0 Å². The summed E-state index contributed by atoms with van der Waals surface area (Å²) in [6, 6.07) is 11.3.